The fourth-order valence-electron chi connectivity index (χ4n) is 2.13. The van der Waals surface area contributed by atoms with Crippen LogP contribution >= 0.6 is 0 Å². The Kier molecular flexibility index (Phi) is 2.08. The van der Waals surface area contributed by atoms with Crippen LogP contribution in [0.15, 0.2) is 0 Å². The van der Waals surface area contributed by atoms with E-state index in [4.69, 9.17) is 0 Å². The van der Waals surface area contributed by atoms with E-state index in [1.54, 1.807) is 0 Å². The van der Waals surface area contributed by atoms with Crippen LogP contribution in [0.25, 0.3) is 0 Å². The molecule has 3 atom stereocenters. The second-order valence-electron chi connectivity index (χ2n) is 3.70. The summed E-state index contributed by atoms with van der Waals surface area (Å²) in [6, 6.07) is -0.759. The molecule has 0 aromatic heterocycles. The van der Waals surface area contributed by atoms with Crippen LogP contribution in [0.2, 0.25) is 0 Å². The van der Waals surface area contributed by atoms with Gasteiger partial charge >= 0.3 is 15.5 Å². The number of fused-ring (bicyclic) bond motifs is 1. The molecular formula is C7H10F3NO2S. The van der Waals surface area contributed by atoms with Crippen molar-refractivity contribution in [3.05, 3.63) is 0 Å². The van der Waals surface area contributed by atoms with Crippen molar-refractivity contribution < 1.29 is 21.6 Å². The molecule has 1 heterocycles. The Labute approximate surface area is 79.9 Å². The second kappa shape index (κ2) is 2.85. The summed E-state index contributed by atoms with van der Waals surface area (Å²) in [5.41, 5.74) is -5.13. The summed E-state index contributed by atoms with van der Waals surface area (Å²) in [6.07, 6.45) is 2.79. The maximum atomic E-state index is 12.1. The third-order valence-corrected chi connectivity index (χ3v) is 4.51. The third kappa shape index (κ3) is 1.33. The third-order valence-electron chi connectivity index (χ3n) is 2.83. The fourth-order valence-corrected chi connectivity index (χ4v) is 3.52. The van der Waals surface area contributed by atoms with Gasteiger partial charge in [0.05, 0.1) is 0 Å². The van der Waals surface area contributed by atoms with Gasteiger partial charge in [0.15, 0.2) is 0 Å². The molecule has 2 rings (SSSR count). The zero-order valence-corrected chi connectivity index (χ0v) is 8.11. The van der Waals surface area contributed by atoms with Crippen LogP contribution in [0.3, 0.4) is 0 Å². The number of hydrogen-bond donors (Lipinski definition) is 0. The summed E-state index contributed by atoms with van der Waals surface area (Å²) in [5.74, 6) is 0. The van der Waals surface area contributed by atoms with Gasteiger partial charge in [0.25, 0.3) is 0 Å². The summed E-state index contributed by atoms with van der Waals surface area (Å²) in [4.78, 5) is 0. The summed E-state index contributed by atoms with van der Waals surface area (Å²) in [6.45, 7) is 0. The first kappa shape index (κ1) is 10.2. The zero-order chi connectivity index (χ0) is 10.6. The van der Waals surface area contributed by atoms with Gasteiger partial charge in [-0.1, -0.05) is 12.8 Å². The van der Waals surface area contributed by atoms with Crippen molar-refractivity contribution in [3.63, 3.8) is 0 Å². The fraction of sp³-hybridized carbons (Fsp3) is 1.00. The molecule has 0 N–H and O–H groups in total. The van der Waals surface area contributed by atoms with Gasteiger partial charge in [-0.3, -0.25) is 0 Å². The molecule has 7 heteroatoms. The second-order valence-corrected chi connectivity index (χ2v) is 5.53. The van der Waals surface area contributed by atoms with Crippen LogP contribution in [0, 0.1) is 0 Å². The normalized spacial score (nSPS) is 37.8. The van der Waals surface area contributed by atoms with Crippen LogP contribution in [0.4, 0.5) is 13.2 Å². The van der Waals surface area contributed by atoms with Crippen molar-refractivity contribution in [2.75, 3.05) is 0 Å². The molecule has 14 heavy (non-hydrogen) atoms. The van der Waals surface area contributed by atoms with Crippen LogP contribution in [-0.2, 0) is 10.0 Å². The molecule has 1 aliphatic carbocycles. The number of rotatable bonds is 1. The Morgan fingerprint density at radius 3 is 1.86 bits per heavy atom. The summed E-state index contributed by atoms with van der Waals surface area (Å²) >= 11 is 0. The summed E-state index contributed by atoms with van der Waals surface area (Å²) < 4.78 is 59.0. The highest BCUT2D eigenvalue weighted by Crippen LogP contribution is 2.46. The van der Waals surface area contributed by atoms with Crippen molar-refractivity contribution in [2.45, 2.75) is 43.3 Å². The van der Waals surface area contributed by atoms with Gasteiger partial charge in [0, 0.05) is 12.1 Å². The largest absolute Gasteiger partial charge is 0.511 e. The van der Waals surface area contributed by atoms with Crippen LogP contribution < -0.4 is 0 Å². The molecule has 0 aromatic carbocycles. The highest BCUT2D eigenvalue weighted by Gasteiger charge is 2.64. The number of sulfonamides is 1. The standard InChI is InChI=1S/C7H10F3NO2S/c8-7(9,10)14(12,13)11-5-3-1-2-4-6(5)11/h5-6H,1-4H2/t5-,6+,11?. The molecule has 2 fully saturated rings. The van der Waals surface area contributed by atoms with E-state index in [1.807, 2.05) is 0 Å². The van der Waals surface area contributed by atoms with Gasteiger partial charge in [-0.2, -0.15) is 17.5 Å². The van der Waals surface area contributed by atoms with E-state index in [0.717, 1.165) is 12.8 Å². The van der Waals surface area contributed by atoms with E-state index >= 15 is 0 Å². The predicted octanol–water partition coefficient (Wildman–Crippen LogP) is 1.46. The first-order valence-electron chi connectivity index (χ1n) is 4.45. The molecule has 0 amide bonds. The van der Waals surface area contributed by atoms with Gasteiger partial charge in [0.1, 0.15) is 0 Å². The minimum Gasteiger partial charge on any atom is -0.203 e. The van der Waals surface area contributed by atoms with E-state index in [0.29, 0.717) is 17.1 Å². The lowest BCUT2D eigenvalue weighted by molar-refractivity contribution is -0.0469. The molecular weight excluding hydrogens is 219 g/mol. The van der Waals surface area contributed by atoms with E-state index in [2.05, 4.69) is 0 Å². The minimum atomic E-state index is -5.13. The van der Waals surface area contributed by atoms with E-state index in [1.165, 1.54) is 0 Å². The molecule has 0 radical (unpaired) electrons. The lowest BCUT2D eigenvalue weighted by Crippen LogP contribution is -2.31. The molecule has 1 saturated heterocycles. The first-order valence-corrected chi connectivity index (χ1v) is 5.89. The highest BCUT2D eigenvalue weighted by atomic mass is 32.2. The van der Waals surface area contributed by atoms with E-state index in [9.17, 15) is 21.6 Å². The van der Waals surface area contributed by atoms with Crippen molar-refractivity contribution >= 4 is 10.0 Å². The number of nitrogens with zero attached hydrogens (tertiary/aromatic N) is 1. The maximum Gasteiger partial charge on any atom is 0.511 e. The van der Waals surface area contributed by atoms with Gasteiger partial charge in [-0.15, -0.1) is 0 Å². The molecule has 2 aliphatic rings. The monoisotopic (exact) mass is 229 g/mol. The average molecular weight is 229 g/mol. The Hall–Kier alpha value is -0.300. The molecule has 0 spiro atoms. The van der Waals surface area contributed by atoms with Gasteiger partial charge in [-0.05, 0) is 12.8 Å². The van der Waals surface area contributed by atoms with Crippen molar-refractivity contribution in [2.24, 2.45) is 0 Å². The van der Waals surface area contributed by atoms with Crippen molar-refractivity contribution in [3.8, 4) is 0 Å². The summed E-state index contributed by atoms with van der Waals surface area (Å²) in [5, 5.41) is 0. The molecule has 0 bridgehead atoms. The van der Waals surface area contributed by atoms with Crippen molar-refractivity contribution in [1.29, 1.82) is 0 Å². The Morgan fingerprint density at radius 2 is 1.50 bits per heavy atom. The molecule has 82 valence electrons. The molecule has 3 nitrogen and oxygen atoms in total. The molecule has 0 aromatic rings. The minimum absolute atomic E-state index is 0.379. The van der Waals surface area contributed by atoms with Crippen LogP contribution in [0.5, 0.6) is 0 Å². The Morgan fingerprint density at radius 1 is 1.07 bits per heavy atom. The van der Waals surface area contributed by atoms with E-state index < -0.39 is 15.5 Å². The SMILES string of the molecule is O=S(=O)(N1[C@@H]2CCCC[C@@H]21)C(F)(F)F. The smallest absolute Gasteiger partial charge is 0.203 e. The topological polar surface area (TPSA) is 37.1 Å². The first-order chi connectivity index (χ1) is 6.36. The number of hydrogen-bond acceptors (Lipinski definition) is 2. The highest BCUT2D eigenvalue weighted by molar-refractivity contribution is 7.90. The number of alkyl halides is 3. The molecule has 1 aliphatic heterocycles. The van der Waals surface area contributed by atoms with Crippen molar-refractivity contribution in [1.82, 2.24) is 4.31 Å². The Balaban J connectivity index is 2.19. The summed E-state index contributed by atoms with van der Waals surface area (Å²) in [7, 11) is -5.05. The van der Waals surface area contributed by atoms with Gasteiger partial charge in [-0.25, -0.2) is 8.42 Å². The lowest BCUT2D eigenvalue weighted by atomic mass is 10.0. The lowest BCUT2D eigenvalue weighted by Gasteiger charge is -2.08. The van der Waals surface area contributed by atoms with Crippen LogP contribution in [-0.4, -0.2) is 30.3 Å². The van der Waals surface area contributed by atoms with E-state index in [-0.39, 0.29) is 12.1 Å². The predicted molar refractivity (Wildman–Crippen MR) is 42.9 cm³/mol. The van der Waals surface area contributed by atoms with Crippen LogP contribution in [0.1, 0.15) is 25.7 Å². The van der Waals surface area contributed by atoms with Gasteiger partial charge < -0.3 is 0 Å². The maximum absolute atomic E-state index is 12.1. The molecule has 1 saturated carbocycles. The van der Waals surface area contributed by atoms with Gasteiger partial charge in [0.2, 0.25) is 0 Å². The average Bonchev–Trinajstić information content (AvgIpc) is 2.75. The quantitative estimate of drug-likeness (QED) is 0.638. The zero-order valence-electron chi connectivity index (χ0n) is 7.29. The number of halogens is 3. The molecule has 1 unspecified atom stereocenters. The Bertz CT molecular complexity index is 325.